The molecule has 2 heterocycles. The number of benzene rings is 2. The molecule has 0 saturated carbocycles. The highest BCUT2D eigenvalue weighted by Gasteiger charge is 2.24. The summed E-state index contributed by atoms with van der Waals surface area (Å²) in [5, 5.41) is 5.76. The summed E-state index contributed by atoms with van der Waals surface area (Å²) in [5.41, 5.74) is 0.149. The van der Waals surface area contributed by atoms with Crippen molar-refractivity contribution in [2.45, 2.75) is 48.7 Å². The fourth-order valence-corrected chi connectivity index (χ4v) is 5.42. The second-order valence-electron chi connectivity index (χ2n) is 9.79. The average Bonchev–Trinajstić information content (AvgIpc) is 3.13. The molecule has 0 fully saturated rings. The number of sulfone groups is 1. The minimum atomic E-state index is -3.31. The first-order valence-electron chi connectivity index (χ1n) is 11.1. The lowest BCUT2D eigenvalue weighted by atomic mass is 9.97. The lowest BCUT2D eigenvalue weighted by molar-refractivity contribution is 0.337. The van der Waals surface area contributed by atoms with Gasteiger partial charge in [-0.15, -0.1) is 0 Å². The number of nitrogens with zero attached hydrogens (tertiary/aromatic N) is 4. The fraction of sp³-hybridized carbons (Fsp3) is 0.320. The Balaban J connectivity index is 1.94. The molecule has 4 aromatic rings. The van der Waals surface area contributed by atoms with E-state index in [0.717, 1.165) is 15.0 Å². The van der Waals surface area contributed by atoms with Crippen molar-refractivity contribution in [1.82, 2.24) is 18.9 Å². The molecule has 8 nitrogen and oxygen atoms in total. The summed E-state index contributed by atoms with van der Waals surface area (Å²) in [6.45, 7) is 6.77. The summed E-state index contributed by atoms with van der Waals surface area (Å²) in [6, 6.07) is 16.3. The fourth-order valence-electron chi connectivity index (χ4n) is 3.78. The van der Waals surface area contributed by atoms with Gasteiger partial charge in [0, 0.05) is 24.7 Å². The molecule has 0 radical (unpaired) electrons. The van der Waals surface area contributed by atoms with Crippen LogP contribution in [0.4, 0.5) is 0 Å². The Hall–Kier alpha value is -3.11. The first kappa shape index (κ1) is 25.0. The quantitative estimate of drug-likeness (QED) is 0.392. The largest absolute Gasteiger partial charge is 0.332 e. The minimum Gasteiger partial charge on any atom is -0.275 e. The van der Waals surface area contributed by atoms with Crippen LogP contribution in [0.15, 0.2) is 79.0 Å². The van der Waals surface area contributed by atoms with E-state index in [1.54, 1.807) is 33.5 Å². The number of fused-ring (bicyclic) bond motifs is 1. The van der Waals surface area contributed by atoms with Crippen molar-refractivity contribution in [2.24, 2.45) is 12.5 Å². The van der Waals surface area contributed by atoms with Crippen molar-refractivity contribution in [3.8, 4) is 0 Å². The van der Waals surface area contributed by atoms with Gasteiger partial charge in [-0.3, -0.25) is 18.6 Å². The monoisotopic (exact) mass is 512 g/mol. The molecular weight excluding hydrogens is 484 g/mol. The lowest BCUT2D eigenvalue weighted by Gasteiger charge is -2.20. The molecule has 2 aromatic carbocycles. The second kappa shape index (κ2) is 9.16. The van der Waals surface area contributed by atoms with Crippen LogP contribution in [0.25, 0.3) is 11.0 Å². The maximum Gasteiger partial charge on any atom is 0.332 e. The molecule has 0 spiro atoms. The predicted octanol–water partition coefficient (Wildman–Crippen LogP) is 3.55. The molecule has 0 unspecified atom stereocenters. The number of aromatic nitrogens is 4. The molecule has 35 heavy (non-hydrogen) atoms. The van der Waals surface area contributed by atoms with E-state index in [1.165, 1.54) is 25.1 Å². The normalized spacial score (nSPS) is 12.4. The van der Waals surface area contributed by atoms with Gasteiger partial charge in [0.2, 0.25) is 0 Å². The molecule has 2 aromatic heterocycles. The molecule has 0 N–H and O–H groups in total. The van der Waals surface area contributed by atoms with Crippen molar-refractivity contribution in [3.63, 3.8) is 0 Å². The smallest absolute Gasteiger partial charge is 0.275 e. The molecule has 0 aliphatic heterocycles. The highest BCUT2D eigenvalue weighted by atomic mass is 32.2. The maximum atomic E-state index is 13.3. The van der Waals surface area contributed by atoms with E-state index >= 15 is 0 Å². The van der Waals surface area contributed by atoms with Gasteiger partial charge in [-0.1, -0.05) is 62.9 Å². The maximum absolute atomic E-state index is 13.3. The zero-order valence-electron chi connectivity index (χ0n) is 20.3. The van der Waals surface area contributed by atoms with Crippen LogP contribution >= 0.6 is 11.8 Å². The zero-order chi connectivity index (χ0) is 25.5. The Morgan fingerprint density at radius 3 is 2.17 bits per heavy atom. The number of rotatable bonds is 6. The molecule has 184 valence electrons. The van der Waals surface area contributed by atoms with Crippen LogP contribution in [0, 0.1) is 5.41 Å². The van der Waals surface area contributed by atoms with E-state index in [-0.39, 0.29) is 10.3 Å². The topological polar surface area (TPSA) is 96.0 Å². The third kappa shape index (κ3) is 5.28. The molecule has 0 aliphatic carbocycles. The van der Waals surface area contributed by atoms with Crippen LogP contribution in [0.5, 0.6) is 0 Å². The Bertz CT molecular complexity index is 1610. The van der Waals surface area contributed by atoms with Crippen molar-refractivity contribution >= 4 is 32.6 Å². The van der Waals surface area contributed by atoms with Gasteiger partial charge < -0.3 is 0 Å². The Kier molecular flexibility index (Phi) is 6.54. The van der Waals surface area contributed by atoms with Gasteiger partial charge in [0.05, 0.1) is 11.4 Å². The SMILES string of the molecule is Cn1c(=O)c2c(Sc3ccccc3)n(Cc3ccc(S(C)(=O)=O)cc3)nc2n(CC(C)(C)C)c1=O. The van der Waals surface area contributed by atoms with Gasteiger partial charge in [0.15, 0.2) is 15.5 Å². The van der Waals surface area contributed by atoms with Crippen molar-refractivity contribution in [3.05, 3.63) is 81.0 Å². The molecule has 4 rings (SSSR count). The van der Waals surface area contributed by atoms with E-state index in [2.05, 4.69) is 0 Å². The van der Waals surface area contributed by atoms with Gasteiger partial charge >= 0.3 is 5.69 Å². The van der Waals surface area contributed by atoms with Crippen LogP contribution in [0.3, 0.4) is 0 Å². The molecule has 0 bridgehead atoms. The van der Waals surface area contributed by atoms with Crippen molar-refractivity contribution in [1.29, 1.82) is 0 Å². The number of hydrogen-bond donors (Lipinski definition) is 0. The van der Waals surface area contributed by atoms with E-state index < -0.39 is 21.1 Å². The van der Waals surface area contributed by atoms with E-state index in [0.29, 0.717) is 29.1 Å². The molecule has 0 atom stereocenters. The summed E-state index contributed by atoms with van der Waals surface area (Å²) in [6.07, 6.45) is 1.17. The zero-order valence-corrected chi connectivity index (χ0v) is 22.0. The second-order valence-corrected chi connectivity index (χ2v) is 12.9. The lowest BCUT2D eigenvalue weighted by Crippen LogP contribution is -2.40. The molecule has 0 aliphatic rings. The Labute approximate surface area is 208 Å². The van der Waals surface area contributed by atoms with Crippen LogP contribution < -0.4 is 11.2 Å². The molecular formula is C25H28N4O4S2. The van der Waals surface area contributed by atoms with E-state index in [9.17, 15) is 18.0 Å². The minimum absolute atomic E-state index is 0.216. The summed E-state index contributed by atoms with van der Waals surface area (Å²) in [7, 11) is -1.82. The van der Waals surface area contributed by atoms with Gasteiger partial charge in [0.1, 0.15) is 10.4 Å². The first-order chi connectivity index (χ1) is 16.3. The van der Waals surface area contributed by atoms with Crippen LogP contribution in [0.1, 0.15) is 26.3 Å². The summed E-state index contributed by atoms with van der Waals surface area (Å²) < 4.78 is 28.1. The molecule has 10 heteroatoms. The highest BCUT2D eigenvalue weighted by Crippen LogP contribution is 2.33. The number of hydrogen-bond acceptors (Lipinski definition) is 6. The van der Waals surface area contributed by atoms with Gasteiger partial charge in [-0.25, -0.2) is 13.2 Å². The predicted molar refractivity (Wildman–Crippen MR) is 138 cm³/mol. The van der Waals surface area contributed by atoms with Gasteiger partial charge in [-0.2, -0.15) is 5.10 Å². The highest BCUT2D eigenvalue weighted by molar-refractivity contribution is 7.99. The standard InChI is InChI=1S/C25H28N4O4S2/c1-25(2,3)16-28-21-20(22(30)27(4)24(28)31)23(34-18-9-7-6-8-10-18)29(26-21)15-17-11-13-19(14-12-17)35(5,32)33/h6-14H,15-16H2,1-5H3. The summed E-state index contributed by atoms with van der Waals surface area (Å²) in [5.74, 6) is 0. The van der Waals surface area contributed by atoms with Crippen LogP contribution in [-0.2, 0) is 30.0 Å². The Morgan fingerprint density at radius 2 is 1.60 bits per heavy atom. The molecule has 0 amide bonds. The van der Waals surface area contributed by atoms with E-state index in [1.807, 2.05) is 51.1 Å². The average molecular weight is 513 g/mol. The molecule has 0 saturated heterocycles. The van der Waals surface area contributed by atoms with Gasteiger partial charge in [0.25, 0.3) is 5.56 Å². The van der Waals surface area contributed by atoms with Crippen molar-refractivity contribution < 1.29 is 8.42 Å². The summed E-state index contributed by atoms with van der Waals surface area (Å²) >= 11 is 1.41. The van der Waals surface area contributed by atoms with Crippen LogP contribution in [0.2, 0.25) is 0 Å². The third-order valence-corrected chi connectivity index (χ3v) is 7.70. The van der Waals surface area contributed by atoms with Crippen LogP contribution in [-0.4, -0.2) is 33.6 Å². The van der Waals surface area contributed by atoms with Crippen molar-refractivity contribution in [2.75, 3.05) is 6.26 Å². The van der Waals surface area contributed by atoms with E-state index in [4.69, 9.17) is 5.10 Å². The third-order valence-electron chi connectivity index (χ3n) is 5.45. The van der Waals surface area contributed by atoms with Gasteiger partial charge in [-0.05, 0) is 35.2 Å². The summed E-state index contributed by atoms with van der Waals surface area (Å²) in [4.78, 5) is 27.5. The first-order valence-corrected chi connectivity index (χ1v) is 13.8. The Morgan fingerprint density at radius 1 is 0.971 bits per heavy atom.